The molecule has 3 rings (SSSR count). The van der Waals surface area contributed by atoms with Gasteiger partial charge in [-0.25, -0.2) is 0 Å². The first-order valence-electron chi connectivity index (χ1n) is 32.8. The molecule has 3 fully saturated rings. The van der Waals surface area contributed by atoms with E-state index in [0.29, 0.717) is 12.8 Å². The largest absolute Gasteiger partial charge is 0.394 e. The highest BCUT2D eigenvalue weighted by molar-refractivity contribution is 5.76. The summed E-state index contributed by atoms with van der Waals surface area (Å²) in [5.74, 6) is -0.302. The van der Waals surface area contributed by atoms with Crippen molar-refractivity contribution in [2.24, 2.45) is 0 Å². The van der Waals surface area contributed by atoms with Crippen LogP contribution in [-0.4, -0.2) is 193 Å². The third-order valence-corrected chi connectivity index (χ3v) is 15.5. The molecule has 19 nitrogen and oxygen atoms in total. The smallest absolute Gasteiger partial charge is 0.220 e. The highest BCUT2D eigenvalue weighted by Gasteiger charge is 2.53. The molecule has 0 spiro atoms. The zero-order valence-corrected chi connectivity index (χ0v) is 52.6. The van der Waals surface area contributed by atoms with Crippen molar-refractivity contribution in [3.63, 3.8) is 0 Å². The van der Waals surface area contributed by atoms with E-state index in [1.807, 2.05) is 6.08 Å². The van der Waals surface area contributed by atoms with Gasteiger partial charge in [0.1, 0.15) is 73.2 Å². The van der Waals surface area contributed by atoms with Gasteiger partial charge in [0.15, 0.2) is 18.9 Å². The Kier molecular flexibility index (Phi) is 44.4. The standard InChI is InChI=1S/C69H113NO18/c1-3-5-7-9-11-13-15-16-17-18-19-20-21-22-23-24-25-26-27-28-29-30-31-32-33-34-35-36-37-39-41-43-45-47-57(75)70-52(53(74)46-44-42-40-38-14-12-10-8-6-4-2)51-83-67-63(81)60(78)65(55(49-72)85-67)88-69-64(82)61(79)66(56(50-73)86-69)87-68-62(80)59(77)58(76)54(48-71)84-68/h5-8,11,13-14,16-17,19-20,22-23,25-26,28-29,38,44,46,52-56,58-69,71-74,76-82H,3-4,9-10,12,15,18,21,24,27,30-37,39-43,45,47-51H2,1-2H3,(H,70,75)/b7-5-,8-6+,13-11-,17-16-,20-19-,23-22-,26-25-,29-28-,38-14+,46-44+. The van der Waals surface area contributed by atoms with Crippen LogP contribution in [0.2, 0.25) is 0 Å². The van der Waals surface area contributed by atoms with E-state index >= 15 is 0 Å². The maximum absolute atomic E-state index is 13.3. The molecule has 0 aromatic carbocycles. The number of hydrogen-bond donors (Lipinski definition) is 12. The monoisotopic (exact) mass is 1240 g/mol. The van der Waals surface area contributed by atoms with Gasteiger partial charge in [-0.2, -0.15) is 0 Å². The summed E-state index contributed by atoms with van der Waals surface area (Å²) in [4.78, 5) is 13.3. The minimum absolute atomic E-state index is 0.220. The number of unbranched alkanes of at least 4 members (excludes halogenated alkanes) is 13. The number of hydrogen-bond acceptors (Lipinski definition) is 18. The third-order valence-electron chi connectivity index (χ3n) is 15.5. The van der Waals surface area contributed by atoms with Gasteiger partial charge in [0.2, 0.25) is 5.91 Å². The lowest BCUT2D eigenvalue weighted by atomic mass is 9.96. The third kappa shape index (κ3) is 32.0. The number of carbonyl (C=O) groups excluding carboxylic acids is 1. The van der Waals surface area contributed by atoms with Crippen molar-refractivity contribution in [2.45, 2.75) is 279 Å². The van der Waals surface area contributed by atoms with E-state index in [1.54, 1.807) is 6.08 Å². The van der Waals surface area contributed by atoms with Crippen molar-refractivity contribution in [2.75, 3.05) is 26.4 Å². The van der Waals surface area contributed by atoms with Crippen molar-refractivity contribution in [3.05, 3.63) is 122 Å². The fourth-order valence-electron chi connectivity index (χ4n) is 10.2. The fraction of sp³-hybridized carbons (Fsp3) is 0.696. The fourth-order valence-corrected chi connectivity index (χ4v) is 10.2. The number of aliphatic hydroxyl groups is 11. The predicted molar refractivity (Wildman–Crippen MR) is 341 cm³/mol. The number of aliphatic hydroxyl groups excluding tert-OH is 11. The van der Waals surface area contributed by atoms with Crippen molar-refractivity contribution >= 4 is 5.91 Å². The van der Waals surface area contributed by atoms with Gasteiger partial charge in [0.25, 0.3) is 0 Å². The Morgan fingerprint density at radius 1 is 0.409 bits per heavy atom. The van der Waals surface area contributed by atoms with Gasteiger partial charge in [-0.1, -0.05) is 193 Å². The van der Waals surface area contributed by atoms with Gasteiger partial charge in [0, 0.05) is 6.42 Å². The van der Waals surface area contributed by atoms with Gasteiger partial charge in [0.05, 0.1) is 38.6 Å². The molecular weight excluding hydrogens is 1130 g/mol. The van der Waals surface area contributed by atoms with Crippen LogP contribution in [0.1, 0.15) is 174 Å². The number of nitrogens with one attached hydrogen (secondary N) is 1. The van der Waals surface area contributed by atoms with E-state index in [2.05, 4.69) is 129 Å². The molecule has 19 heteroatoms. The Morgan fingerprint density at radius 3 is 1.23 bits per heavy atom. The van der Waals surface area contributed by atoms with Gasteiger partial charge in [-0.15, -0.1) is 0 Å². The van der Waals surface area contributed by atoms with Crippen LogP contribution >= 0.6 is 0 Å². The first kappa shape index (κ1) is 78.4. The summed E-state index contributed by atoms with van der Waals surface area (Å²) in [6.07, 6.45) is 40.7. The maximum atomic E-state index is 13.3. The summed E-state index contributed by atoms with van der Waals surface area (Å²) >= 11 is 0. The molecule has 502 valence electrons. The van der Waals surface area contributed by atoms with Crippen LogP contribution in [0, 0.1) is 0 Å². The molecular formula is C69H113NO18. The lowest BCUT2D eigenvalue weighted by molar-refractivity contribution is -0.379. The summed E-state index contributed by atoms with van der Waals surface area (Å²) in [6, 6.07) is -1.00. The Labute approximate surface area is 525 Å². The predicted octanol–water partition coefficient (Wildman–Crippen LogP) is 7.65. The van der Waals surface area contributed by atoms with E-state index in [4.69, 9.17) is 28.4 Å². The lowest BCUT2D eigenvalue weighted by Gasteiger charge is -2.48. The van der Waals surface area contributed by atoms with Crippen LogP contribution in [0.3, 0.4) is 0 Å². The molecule has 0 aliphatic carbocycles. The minimum atomic E-state index is -1.99. The first-order chi connectivity index (χ1) is 42.8. The summed E-state index contributed by atoms with van der Waals surface area (Å²) in [7, 11) is 0. The van der Waals surface area contributed by atoms with Crippen molar-refractivity contribution in [1.29, 1.82) is 0 Å². The SMILES string of the molecule is CC/C=C\C/C=C\C/C=C\C/C=C\C/C=C\C/C=C\C/C=C\CCCCCCCCCCCCCC(=O)NC(COC1OC(CO)C(OC2OC(CO)C(OC3OC(CO)C(O)C(O)C3O)C(O)C2O)C(O)C1O)C(O)/C=C/CC/C=C/CC/C=C/CC. The molecule has 3 aliphatic heterocycles. The number of allylic oxidation sites excluding steroid dienone is 19. The first-order valence-corrected chi connectivity index (χ1v) is 32.8. The van der Waals surface area contributed by atoms with Crippen LogP contribution in [-0.2, 0) is 33.2 Å². The highest BCUT2D eigenvalue weighted by Crippen LogP contribution is 2.33. The van der Waals surface area contributed by atoms with Crippen LogP contribution < -0.4 is 5.32 Å². The number of ether oxygens (including phenoxy) is 6. The van der Waals surface area contributed by atoms with Gasteiger partial charge >= 0.3 is 0 Å². The average Bonchev–Trinajstić information content (AvgIpc) is 1.83. The lowest BCUT2D eigenvalue weighted by Crippen LogP contribution is -2.66. The summed E-state index contributed by atoms with van der Waals surface area (Å²) in [6.45, 7) is 1.42. The normalized spacial score (nSPS) is 29.2. The highest BCUT2D eigenvalue weighted by atomic mass is 16.8. The Bertz CT molecular complexity index is 2070. The van der Waals surface area contributed by atoms with Gasteiger partial charge in [-0.3, -0.25) is 4.79 Å². The molecule has 0 saturated carbocycles. The number of rotatable bonds is 47. The average molecular weight is 1240 g/mol. The summed E-state index contributed by atoms with van der Waals surface area (Å²) < 4.78 is 34.2. The second-order valence-corrected chi connectivity index (χ2v) is 22.8. The van der Waals surface area contributed by atoms with Crippen LogP contribution in [0.4, 0.5) is 0 Å². The molecule has 0 aromatic heterocycles. The molecule has 1 amide bonds. The van der Waals surface area contributed by atoms with E-state index in [9.17, 15) is 61.0 Å². The minimum Gasteiger partial charge on any atom is -0.394 e. The van der Waals surface area contributed by atoms with Crippen LogP contribution in [0.15, 0.2) is 122 Å². The number of amides is 1. The molecule has 3 heterocycles. The maximum Gasteiger partial charge on any atom is 0.220 e. The quantitative estimate of drug-likeness (QED) is 0.0206. The van der Waals surface area contributed by atoms with Crippen molar-refractivity contribution < 1.29 is 89.4 Å². The molecule has 17 unspecified atom stereocenters. The van der Waals surface area contributed by atoms with Crippen LogP contribution in [0.25, 0.3) is 0 Å². The van der Waals surface area contributed by atoms with Gasteiger partial charge < -0.3 is 89.9 Å². The zero-order chi connectivity index (χ0) is 64.0. The second-order valence-electron chi connectivity index (χ2n) is 22.8. The Hall–Kier alpha value is -3.81. The topological polar surface area (TPSA) is 307 Å². The Balaban J connectivity index is 1.37. The van der Waals surface area contributed by atoms with Crippen LogP contribution in [0.5, 0.6) is 0 Å². The second kappa shape index (κ2) is 49.8. The molecule has 0 aromatic rings. The van der Waals surface area contributed by atoms with E-state index in [-0.39, 0.29) is 18.9 Å². The van der Waals surface area contributed by atoms with Crippen molar-refractivity contribution in [3.8, 4) is 0 Å². The molecule has 3 aliphatic rings. The molecule has 17 atom stereocenters. The molecule has 12 N–H and O–H groups in total. The summed E-state index contributed by atoms with van der Waals surface area (Å²) in [5, 5.41) is 120. The van der Waals surface area contributed by atoms with E-state index in [0.717, 1.165) is 103 Å². The van der Waals surface area contributed by atoms with E-state index < -0.39 is 124 Å². The summed E-state index contributed by atoms with van der Waals surface area (Å²) in [5.41, 5.74) is 0. The molecule has 0 radical (unpaired) electrons. The van der Waals surface area contributed by atoms with Gasteiger partial charge in [-0.05, 0) is 96.3 Å². The van der Waals surface area contributed by atoms with Crippen molar-refractivity contribution in [1.82, 2.24) is 5.32 Å². The number of carbonyl (C=O) groups is 1. The Morgan fingerprint density at radius 2 is 0.761 bits per heavy atom. The van der Waals surface area contributed by atoms with E-state index in [1.165, 1.54) is 38.5 Å². The molecule has 88 heavy (non-hydrogen) atoms. The molecule has 3 saturated heterocycles. The molecule has 0 bridgehead atoms. The zero-order valence-electron chi connectivity index (χ0n) is 52.6.